The van der Waals surface area contributed by atoms with Crippen molar-refractivity contribution in [1.29, 1.82) is 5.26 Å². The van der Waals surface area contributed by atoms with E-state index in [-0.39, 0.29) is 5.91 Å². The summed E-state index contributed by atoms with van der Waals surface area (Å²) >= 11 is 6.01. The maximum Gasteiger partial charge on any atom is 0.224 e. The molecule has 2 heterocycles. The lowest BCUT2D eigenvalue weighted by Crippen LogP contribution is -2.36. The Balaban J connectivity index is 1.55. The first-order chi connectivity index (χ1) is 13.6. The molecule has 146 valence electrons. The molecule has 0 radical (unpaired) electrons. The van der Waals surface area contributed by atoms with Crippen molar-refractivity contribution in [1.82, 2.24) is 4.98 Å². The minimum absolute atomic E-state index is 0.0534. The molecule has 1 aliphatic rings. The molecule has 1 aliphatic heterocycles. The van der Waals surface area contributed by atoms with E-state index in [9.17, 15) is 4.79 Å². The predicted molar refractivity (Wildman–Crippen MR) is 110 cm³/mol. The third kappa shape index (κ3) is 5.14. The summed E-state index contributed by atoms with van der Waals surface area (Å²) in [5, 5.41) is 12.5. The fourth-order valence-corrected chi connectivity index (χ4v) is 3.67. The van der Waals surface area contributed by atoms with Crippen molar-refractivity contribution in [2.24, 2.45) is 5.92 Å². The summed E-state index contributed by atoms with van der Waals surface area (Å²) in [5.74, 6) is 1.78. The second-order valence-electron chi connectivity index (χ2n) is 6.90. The van der Waals surface area contributed by atoms with Crippen LogP contribution in [0.25, 0.3) is 0 Å². The lowest BCUT2D eigenvalue weighted by Gasteiger charge is -2.33. The Labute approximate surface area is 170 Å². The summed E-state index contributed by atoms with van der Waals surface area (Å²) in [6.07, 6.45) is 5.03. The van der Waals surface area contributed by atoms with Gasteiger partial charge in [-0.15, -0.1) is 0 Å². The molecule has 0 spiro atoms. The molecule has 0 saturated carbocycles. The Morgan fingerprint density at radius 3 is 3.07 bits per heavy atom. The number of aromatic nitrogens is 1. The zero-order valence-corrected chi connectivity index (χ0v) is 16.6. The van der Waals surface area contributed by atoms with Crippen molar-refractivity contribution in [2.45, 2.75) is 25.7 Å². The van der Waals surface area contributed by atoms with Crippen LogP contribution in [0.2, 0.25) is 5.02 Å². The minimum Gasteiger partial charge on any atom is -0.495 e. The number of hydrogen-bond acceptors (Lipinski definition) is 5. The average molecular weight is 399 g/mol. The zero-order valence-electron chi connectivity index (χ0n) is 15.8. The first-order valence-electron chi connectivity index (χ1n) is 9.33. The summed E-state index contributed by atoms with van der Waals surface area (Å²) in [4.78, 5) is 19.0. The number of amides is 1. The Morgan fingerprint density at radius 2 is 2.29 bits per heavy atom. The SMILES string of the molecule is COc1ccc(Cl)cc1NC(=O)CCC1CCCN(c2cc(C#N)ccn2)C1. The molecule has 1 saturated heterocycles. The van der Waals surface area contributed by atoms with Gasteiger partial charge in [0.05, 0.1) is 24.4 Å². The largest absolute Gasteiger partial charge is 0.495 e. The monoisotopic (exact) mass is 398 g/mol. The number of nitrogens with one attached hydrogen (secondary N) is 1. The number of nitrogens with zero attached hydrogens (tertiary/aromatic N) is 3. The molecule has 28 heavy (non-hydrogen) atoms. The van der Waals surface area contributed by atoms with Crippen LogP contribution in [-0.2, 0) is 4.79 Å². The Kier molecular flexibility index (Phi) is 6.72. The van der Waals surface area contributed by atoms with Crippen LogP contribution in [0.4, 0.5) is 11.5 Å². The third-order valence-corrected chi connectivity index (χ3v) is 5.17. The summed E-state index contributed by atoms with van der Waals surface area (Å²) in [5.41, 5.74) is 1.20. The fourth-order valence-electron chi connectivity index (χ4n) is 3.50. The highest BCUT2D eigenvalue weighted by Crippen LogP contribution is 2.29. The average Bonchev–Trinajstić information content (AvgIpc) is 2.73. The van der Waals surface area contributed by atoms with Gasteiger partial charge in [0.1, 0.15) is 11.6 Å². The summed E-state index contributed by atoms with van der Waals surface area (Å²) in [6, 6.07) is 10.8. The number of anilines is 2. The van der Waals surface area contributed by atoms with E-state index in [2.05, 4.69) is 21.3 Å². The molecule has 1 unspecified atom stereocenters. The Hall–Kier alpha value is -2.78. The van der Waals surface area contributed by atoms with E-state index in [4.69, 9.17) is 21.6 Å². The van der Waals surface area contributed by atoms with E-state index in [1.54, 1.807) is 37.6 Å². The topological polar surface area (TPSA) is 78.2 Å². The maximum atomic E-state index is 12.4. The number of carbonyl (C=O) groups excluding carboxylic acids is 1. The number of ether oxygens (including phenoxy) is 1. The van der Waals surface area contributed by atoms with Gasteiger partial charge >= 0.3 is 0 Å². The highest BCUT2D eigenvalue weighted by Gasteiger charge is 2.22. The standard InChI is InChI=1S/C21H23ClN4O2/c1-28-19-6-5-17(22)12-18(19)25-21(27)7-4-15-3-2-10-26(14-15)20-11-16(13-23)8-9-24-20/h5-6,8-9,11-12,15H,2-4,7,10,14H2,1H3,(H,25,27). The second-order valence-corrected chi connectivity index (χ2v) is 7.34. The normalized spacial score (nSPS) is 16.3. The van der Waals surface area contributed by atoms with Crippen LogP contribution in [0.3, 0.4) is 0 Å². The molecular formula is C21H23ClN4O2. The molecule has 0 bridgehead atoms. The second kappa shape index (κ2) is 9.43. The Morgan fingerprint density at radius 1 is 1.43 bits per heavy atom. The number of piperidine rings is 1. The number of rotatable bonds is 6. The van der Waals surface area contributed by atoms with Crippen LogP contribution in [0.1, 0.15) is 31.2 Å². The quantitative estimate of drug-likeness (QED) is 0.786. The van der Waals surface area contributed by atoms with Crippen LogP contribution >= 0.6 is 11.6 Å². The van der Waals surface area contributed by atoms with Crippen molar-refractivity contribution in [3.63, 3.8) is 0 Å². The van der Waals surface area contributed by atoms with Crippen LogP contribution in [0.5, 0.6) is 5.75 Å². The predicted octanol–water partition coefficient (Wildman–Crippen LogP) is 4.25. The third-order valence-electron chi connectivity index (χ3n) is 4.93. The number of benzene rings is 1. The van der Waals surface area contributed by atoms with E-state index >= 15 is 0 Å². The minimum atomic E-state index is -0.0534. The van der Waals surface area contributed by atoms with Gasteiger partial charge in [0.25, 0.3) is 0 Å². The van der Waals surface area contributed by atoms with Crippen LogP contribution < -0.4 is 15.0 Å². The number of methoxy groups -OCH3 is 1. The smallest absolute Gasteiger partial charge is 0.224 e. The molecule has 1 N–H and O–H groups in total. The van der Waals surface area contributed by atoms with Gasteiger partial charge in [-0.1, -0.05) is 11.6 Å². The maximum absolute atomic E-state index is 12.4. The summed E-state index contributed by atoms with van der Waals surface area (Å²) in [7, 11) is 1.56. The lowest BCUT2D eigenvalue weighted by atomic mass is 9.93. The van der Waals surface area contributed by atoms with Crippen LogP contribution in [-0.4, -0.2) is 31.1 Å². The molecule has 1 aromatic heterocycles. The van der Waals surface area contributed by atoms with Gasteiger partial charge < -0.3 is 15.0 Å². The number of carbonyl (C=O) groups is 1. The molecule has 7 heteroatoms. The van der Waals surface area contributed by atoms with E-state index in [1.165, 1.54) is 0 Å². The number of nitriles is 1. The number of pyridine rings is 1. The van der Waals surface area contributed by atoms with E-state index in [1.807, 2.05) is 6.07 Å². The van der Waals surface area contributed by atoms with Crippen LogP contribution in [0, 0.1) is 17.2 Å². The molecule has 0 aliphatic carbocycles. The molecule has 1 atom stereocenters. The van der Waals surface area contributed by atoms with Crippen molar-refractivity contribution in [2.75, 3.05) is 30.4 Å². The number of halogens is 1. The highest BCUT2D eigenvalue weighted by molar-refractivity contribution is 6.31. The zero-order chi connectivity index (χ0) is 19.9. The van der Waals surface area contributed by atoms with Gasteiger partial charge in [-0.2, -0.15) is 5.26 Å². The van der Waals surface area contributed by atoms with Crippen molar-refractivity contribution >= 4 is 29.0 Å². The van der Waals surface area contributed by atoms with Gasteiger partial charge in [-0.3, -0.25) is 4.79 Å². The highest BCUT2D eigenvalue weighted by atomic mass is 35.5. The van der Waals surface area contributed by atoms with Gasteiger partial charge in [0.15, 0.2) is 0 Å². The van der Waals surface area contributed by atoms with Gasteiger partial charge in [-0.05, 0) is 55.5 Å². The van der Waals surface area contributed by atoms with E-state index < -0.39 is 0 Å². The Bertz CT molecular complexity index is 881. The molecule has 2 aromatic rings. The van der Waals surface area contributed by atoms with Gasteiger partial charge in [0.2, 0.25) is 5.91 Å². The molecule has 6 nitrogen and oxygen atoms in total. The molecular weight excluding hydrogens is 376 g/mol. The number of hydrogen-bond donors (Lipinski definition) is 1. The summed E-state index contributed by atoms with van der Waals surface area (Å²) < 4.78 is 5.27. The molecule has 3 rings (SSSR count). The van der Waals surface area contributed by atoms with E-state index in [0.717, 1.165) is 38.2 Å². The first kappa shape index (κ1) is 20.0. The van der Waals surface area contributed by atoms with Crippen molar-refractivity contribution in [3.8, 4) is 11.8 Å². The van der Waals surface area contributed by atoms with Crippen molar-refractivity contribution < 1.29 is 9.53 Å². The summed E-state index contributed by atoms with van der Waals surface area (Å²) in [6.45, 7) is 1.76. The molecule has 1 aromatic carbocycles. The lowest BCUT2D eigenvalue weighted by molar-refractivity contribution is -0.116. The fraction of sp³-hybridized carbons (Fsp3) is 0.381. The van der Waals surface area contributed by atoms with Crippen LogP contribution in [0.15, 0.2) is 36.5 Å². The van der Waals surface area contributed by atoms with E-state index in [0.29, 0.717) is 34.4 Å². The molecule has 1 amide bonds. The molecule has 1 fully saturated rings. The van der Waals surface area contributed by atoms with Gasteiger partial charge in [-0.25, -0.2) is 4.98 Å². The first-order valence-corrected chi connectivity index (χ1v) is 9.71. The van der Waals surface area contributed by atoms with Gasteiger partial charge in [0, 0.05) is 30.7 Å². The van der Waals surface area contributed by atoms with Crippen molar-refractivity contribution in [3.05, 3.63) is 47.1 Å².